The Balaban J connectivity index is 2.33. The molecule has 0 bridgehead atoms. The Morgan fingerprint density at radius 1 is 1.00 bits per heavy atom. The molecule has 5 nitrogen and oxygen atoms in total. The van der Waals surface area contributed by atoms with E-state index in [0.717, 1.165) is 11.3 Å². The van der Waals surface area contributed by atoms with Gasteiger partial charge in [-0.2, -0.15) is 4.57 Å². The number of aromatic amines is 1. The van der Waals surface area contributed by atoms with E-state index in [4.69, 9.17) is 4.74 Å². The highest BCUT2D eigenvalue weighted by Gasteiger charge is 2.24. The number of esters is 1. The molecular formula is C20H19N2O3+. The van der Waals surface area contributed by atoms with Crippen molar-refractivity contribution in [2.45, 2.75) is 13.8 Å². The number of methoxy groups -OCH3 is 1. The van der Waals surface area contributed by atoms with Crippen molar-refractivity contribution in [3.8, 4) is 16.8 Å². The van der Waals surface area contributed by atoms with Gasteiger partial charge in [-0.15, -0.1) is 0 Å². The number of H-pyrrole nitrogens is 1. The van der Waals surface area contributed by atoms with Gasteiger partial charge in [0.1, 0.15) is 22.5 Å². The van der Waals surface area contributed by atoms with Crippen molar-refractivity contribution in [2.24, 2.45) is 0 Å². The van der Waals surface area contributed by atoms with Crippen LogP contribution in [0.15, 0.2) is 59.4 Å². The third kappa shape index (κ3) is 2.96. The van der Waals surface area contributed by atoms with Crippen LogP contribution in [0.4, 0.5) is 0 Å². The zero-order valence-corrected chi connectivity index (χ0v) is 14.4. The summed E-state index contributed by atoms with van der Waals surface area (Å²) in [7, 11) is 1.35. The maximum Gasteiger partial charge on any atom is 0.343 e. The van der Waals surface area contributed by atoms with Crippen molar-refractivity contribution in [3.05, 3.63) is 82.0 Å². The average molecular weight is 335 g/mol. The molecule has 5 heteroatoms. The van der Waals surface area contributed by atoms with Crippen LogP contribution in [0.3, 0.4) is 0 Å². The van der Waals surface area contributed by atoms with Crippen molar-refractivity contribution in [1.29, 1.82) is 0 Å². The molecule has 0 unspecified atom stereocenters. The minimum Gasteiger partial charge on any atom is -0.465 e. The smallest absolute Gasteiger partial charge is 0.343 e. The summed E-state index contributed by atoms with van der Waals surface area (Å²) in [6.45, 7) is 3.68. The van der Waals surface area contributed by atoms with Crippen molar-refractivity contribution in [1.82, 2.24) is 4.98 Å². The Bertz CT molecular complexity index is 992. The Labute approximate surface area is 145 Å². The monoisotopic (exact) mass is 335 g/mol. The molecule has 0 amide bonds. The molecule has 1 aromatic heterocycles. The summed E-state index contributed by atoms with van der Waals surface area (Å²) in [4.78, 5) is 27.6. The van der Waals surface area contributed by atoms with Crippen molar-refractivity contribution < 1.29 is 14.1 Å². The van der Waals surface area contributed by atoms with Crippen LogP contribution in [-0.4, -0.2) is 18.1 Å². The van der Waals surface area contributed by atoms with E-state index in [1.807, 2.05) is 54.0 Å². The fraction of sp³-hybridized carbons (Fsp3) is 0.150. The van der Waals surface area contributed by atoms with E-state index in [0.29, 0.717) is 22.6 Å². The Hall–Kier alpha value is -3.21. The van der Waals surface area contributed by atoms with E-state index in [1.165, 1.54) is 7.11 Å². The van der Waals surface area contributed by atoms with E-state index < -0.39 is 5.97 Å². The Morgan fingerprint density at radius 2 is 1.64 bits per heavy atom. The SMILES string of the molecule is COC(=O)c1ccccc1-[n+]1c(C)[nH]c(=O)c(-c2ccccc2)c1C. The van der Waals surface area contributed by atoms with Crippen LogP contribution in [0, 0.1) is 13.8 Å². The first-order valence-electron chi connectivity index (χ1n) is 7.93. The van der Waals surface area contributed by atoms with Crippen LogP contribution in [-0.2, 0) is 4.74 Å². The molecule has 1 heterocycles. The van der Waals surface area contributed by atoms with Crippen LogP contribution >= 0.6 is 0 Å². The van der Waals surface area contributed by atoms with Gasteiger partial charge in [0.25, 0.3) is 5.82 Å². The second-order valence-electron chi connectivity index (χ2n) is 5.71. The number of nitrogens with one attached hydrogen (secondary N) is 1. The van der Waals surface area contributed by atoms with Gasteiger partial charge in [0.15, 0.2) is 0 Å². The van der Waals surface area contributed by atoms with Crippen LogP contribution in [0.1, 0.15) is 21.9 Å². The van der Waals surface area contributed by atoms with E-state index in [1.54, 1.807) is 19.1 Å². The number of aryl methyl sites for hydroxylation is 1. The van der Waals surface area contributed by atoms with Gasteiger partial charge in [-0.05, 0) is 24.6 Å². The summed E-state index contributed by atoms with van der Waals surface area (Å²) in [6, 6.07) is 16.6. The van der Waals surface area contributed by atoms with Crippen molar-refractivity contribution in [3.63, 3.8) is 0 Å². The molecule has 0 spiro atoms. The fourth-order valence-corrected chi connectivity index (χ4v) is 3.07. The lowest BCUT2D eigenvalue weighted by atomic mass is 10.0. The molecule has 3 aromatic rings. The number of carbonyl (C=O) groups excluding carboxylic acids is 1. The molecule has 2 aromatic carbocycles. The first-order valence-corrected chi connectivity index (χ1v) is 7.93. The minimum absolute atomic E-state index is 0.159. The maximum absolute atomic E-state index is 12.6. The van der Waals surface area contributed by atoms with Crippen LogP contribution < -0.4 is 10.1 Å². The molecule has 3 rings (SSSR count). The molecule has 25 heavy (non-hydrogen) atoms. The molecule has 0 aliphatic heterocycles. The zero-order valence-electron chi connectivity index (χ0n) is 14.4. The van der Waals surface area contributed by atoms with Crippen molar-refractivity contribution >= 4 is 5.97 Å². The summed E-state index contributed by atoms with van der Waals surface area (Å²) in [5.74, 6) is 0.216. The normalized spacial score (nSPS) is 10.5. The molecule has 0 aliphatic rings. The molecule has 126 valence electrons. The highest BCUT2D eigenvalue weighted by Crippen LogP contribution is 2.19. The minimum atomic E-state index is -0.422. The number of benzene rings is 2. The van der Waals surface area contributed by atoms with E-state index in [9.17, 15) is 9.59 Å². The predicted molar refractivity (Wildman–Crippen MR) is 94.8 cm³/mol. The summed E-state index contributed by atoms with van der Waals surface area (Å²) in [6.07, 6.45) is 0. The molecule has 1 N–H and O–H groups in total. The average Bonchev–Trinajstić information content (AvgIpc) is 2.62. The summed E-state index contributed by atoms with van der Waals surface area (Å²) in [5, 5.41) is 0. The standard InChI is InChI=1S/C20H18N2O3/c1-13-18(15-9-5-4-6-10-15)19(23)21-14(2)22(13)17-12-8-7-11-16(17)20(24)25-3/h4-12H,1-3H3/p+1. The first-order chi connectivity index (χ1) is 12.0. The largest absolute Gasteiger partial charge is 0.465 e. The number of hydrogen-bond donors (Lipinski definition) is 1. The first kappa shape index (κ1) is 16.6. The second kappa shape index (κ2) is 6.73. The second-order valence-corrected chi connectivity index (χ2v) is 5.71. The molecule has 0 radical (unpaired) electrons. The topological polar surface area (TPSA) is 63.0 Å². The van der Waals surface area contributed by atoms with Gasteiger partial charge in [0.05, 0.1) is 7.11 Å². The number of ether oxygens (including phenoxy) is 1. The van der Waals surface area contributed by atoms with Gasteiger partial charge >= 0.3 is 11.5 Å². The lowest BCUT2D eigenvalue weighted by Gasteiger charge is -2.12. The Kier molecular flexibility index (Phi) is 4.48. The van der Waals surface area contributed by atoms with E-state index in [2.05, 4.69) is 4.98 Å². The number of hydrogen-bond acceptors (Lipinski definition) is 3. The van der Waals surface area contributed by atoms with Gasteiger partial charge in [-0.3, -0.25) is 0 Å². The highest BCUT2D eigenvalue weighted by atomic mass is 16.5. The number of para-hydroxylation sites is 1. The quantitative estimate of drug-likeness (QED) is 0.591. The lowest BCUT2D eigenvalue weighted by molar-refractivity contribution is -0.612. The van der Waals surface area contributed by atoms with Gasteiger partial charge in [-0.1, -0.05) is 42.5 Å². The Morgan fingerprint density at radius 3 is 2.32 bits per heavy atom. The summed E-state index contributed by atoms with van der Waals surface area (Å²) >= 11 is 0. The van der Waals surface area contributed by atoms with Crippen LogP contribution in [0.2, 0.25) is 0 Å². The molecule has 0 saturated carbocycles. The van der Waals surface area contributed by atoms with Crippen molar-refractivity contribution in [2.75, 3.05) is 7.11 Å². The maximum atomic E-state index is 12.6. The molecule has 0 fully saturated rings. The molecule has 0 atom stereocenters. The number of carbonyl (C=O) groups is 1. The number of rotatable bonds is 3. The fourth-order valence-electron chi connectivity index (χ4n) is 3.07. The number of nitrogens with zero attached hydrogens (tertiary/aromatic N) is 1. The predicted octanol–water partition coefficient (Wildman–Crippen LogP) is 2.72. The zero-order chi connectivity index (χ0) is 18.0. The van der Waals surface area contributed by atoms with Gasteiger partial charge in [0, 0.05) is 6.92 Å². The van der Waals surface area contributed by atoms with Gasteiger partial charge in [0.2, 0.25) is 0 Å². The summed E-state index contributed by atoms with van der Waals surface area (Å²) < 4.78 is 6.76. The third-order valence-electron chi connectivity index (χ3n) is 4.17. The van der Waals surface area contributed by atoms with Crippen LogP contribution in [0.25, 0.3) is 16.8 Å². The summed E-state index contributed by atoms with van der Waals surface area (Å²) in [5.41, 5.74) is 3.10. The molecule has 0 aliphatic carbocycles. The number of aromatic nitrogens is 2. The van der Waals surface area contributed by atoms with Gasteiger partial charge < -0.3 is 4.74 Å². The van der Waals surface area contributed by atoms with E-state index >= 15 is 0 Å². The van der Waals surface area contributed by atoms with Gasteiger partial charge in [-0.25, -0.2) is 14.6 Å². The third-order valence-corrected chi connectivity index (χ3v) is 4.17. The van der Waals surface area contributed by atoms with Crippen LogP contribution in [0.5, 0.6) is 0 Å². The molecular weight excluding hydrogens is 316 g/mol. The highest BCUT2D eigenvalue weighted by molar-refractivity contribution is 5.92. The lowest BCUT2D eigenvalue weighted by Crippen LogP contribution is -2.44. The molecule has 0 saturated heterocycles. The van der Waals surface area contributed by atoms with E-state index in [-0.39, 0.29) is 5.56 Å².